The van der Waals surface area contributed by atoms with E-state index in [0.717, 1.165) is 59.7 Å². The molecule has 34 heavy (non-hydrogen) atoms. The molecule has 2 aliphatic rings. The van der Waals surface area contributed by atoms with Crippen molar-refractivity contribution in [1.29, 1.82) is 0 Å². The lowest BCUT2D eigenvalue weighted by atomic mass is 9.91. The Morgan fingerprint density at radius 2 is 1.56 bits per heavy atom. The summed E-state index contributed by atoms with van der Waals surface area (Å²) in [5, 5.41) is 7.72. The van der Waals surface area contributed by atoms with Crippen molar-refractivity contribution in [3.05, 3.63) is 78.1 Å². The molecule has 7 nitrogen and oxygen atoms in total. The summed E-state index contributed by atoms with van der Waals surface area (Å²) < 4.78 is 0. The van der Waals surface area contributed by atoms with E-state index in [-0.39, 0.29) is 0 Å². The highest BCUT2D eigenvalue weighted by atomic mass is 15.3. The summed E-state index contributed by atoms with van der Waals surface area (Å²) in [6, 6.07) is 21.9. The van der Waals surface area contributed by atoms with Crippen LogP contribution >= 0.6 is 0 Å². The smallest absolute Gasteiger partial charge is 0.161 e. The number of benzene rings is 3. The van der Waals surface area contributed by atoms with E-state index in [2.05, 4.69) is 117 Å². The molecule has 0 spiro atoms. The van der Waals surface area contributed by atoms with Crippen molar-refractivity contribution in [3.8, 4) is 0 Å². The highest BCUT2D eigenvalue weighted by Gasteiger charge is 2.40. The summed E-state index contributed by atoms with van der Waals surface area (Å²) in [6.07, 6.45) is 1.75. The predicted molar refractivity (Wildman–Crippen MR) is 141 cm³/mol. The molecule has 0 bridgehead atoms. The lowest BCUT2D eigenvalue weighted by Gasteiger charge is -2.34. The Kier molecular flexibility index (Phi) is 4.88. The Labute approximate surface area is 200 Å². The second-order valence-electron chi connectivity index (χ2n) is 9.60. The first-order valence-electron chi connectivity index (χ1n) is 11.9. The standard InChI is InChI=1S/C27H31N7/c1-32(2)21-7-4-19(5-8-21)27(20-6-10-23-25(16-20)29-18-28-23)30-24-11-9-22(17-26(24)31-27)34-14-12-33(3)13-15-34/h4-11,16-18,30-31H,12-15H2,1-3H3,(H,28,29). The number of piperazine rings is 1. The van der Waals surface area contributed by atoms with Crippen molar-refractivity contribution < 1.29 is 0 Å². The number of anilines is 4. The van der Waals surface area contributed by atoms with Gasteiger partial charge in [0.15, 0.2) is 5.66 Å². The van der Waals surface area contributed by atoms with Crippen LogP contribution in [0.15, 0.2) is 67.0 Å². The van der Waals surface area contributed by atoms with E-state index >= 15 is 0 Å². The molecule has 0 aliphatic carbocycles. The molecule has 4 aromatic rings. The average Bonchev–Trinajstić information content (AvgIpc) is 3.49. The Balaban J connectivity index is 1.42. The summed E-state index contributed by atoms with van der Waals surface area (Å²) in [4.78, 5) is 14.7. The zero-order valence-corrected chi connectivity index (χ0v) is 20.0. The maximum atomic E-state index is 4.41. The maximum absolute atomic E-state index is 4.41. The third-order valence-corrected chi connectivity index (χ3v) is 7.19. The number of H-pyrrole nitrogens is 1. The first-order chi connectivity index (χ1) is 16.5. The molecule has 3 N–H and O–H groups in total. The summed E-state index contributed by atoms with van der Waals surface area (Å²) in [5.74, 6) is 0. The van der Waals surface area contributed by atoms with Crippen LogP contribution in [0.4, 0.5) is 22.7 Å². The normalized spacial score (nSPS) is 20.1. The Morgan fingerprint density at radius 1 is 0.824 bits per heavy atom. The lowest BCUT2D eigenvalue weighted by Crippen LogP contribution is -2.44. The molecule has 1 unspecified atom stereocenters. The average molecular weight is 454 g/mol. The first-order valence-corrected chi connectivity index (χ1v) is 11.9. The van der Waals surface area contributed by atoms with Crippen molar-refractivity contribution in [2.75, 3.05) is 67.8 Å². The lowest BCUT2D eigenvalue weighted by molar-refractivity contribution is 0.313. The van der Waals surface area contributed by atoms with Crippen LogP contribution in [0, 0.1) is 0 Å². The van der Waals surface area contributed by atoms with Crippen LogP contribution in [0.25, 0.3) is 11.0 Å². The number of aromatic amines is 1. The second-order valence-corrected chi connectivity index (χ2v) is 9.60. The van der Waals surface area contributed by atoms with E-state index < -0.39 is 5.66 Å². The summed E-state index contributed by atoms with van der Waals surface area (Å²) in [5.41, 5.74) is 8.40. The van der Waals surface area contributed by atoms with Crippen molar-refractivity contribution >= 4 is 33.8 Å². The molecular formula is C27H31N7. The van der Waals surface area contributed by atoms with E-state index in [1.165, 1.54) is 11.4 Å². The van der Waals surface area contributed by atoms with Crippen LogP contribution in [0.3, 0.4) is 0 Å². The number of aromatic nitrogens is 2. The molecule has 174 valence electrons. The number of likely N-dealkylation sites (N-methyl/N-ethyl adjacent to an activating group) is 1. The molecule has 2 aliphatic heterocycles. The summed E-state index contributed by atoms with van der Waals surface area (Å²) in [6.45, 7) is 4.29. The largest absolute Gasteiger partial charge is 0.378 e. The third-order valence-electron chi connectivity index (χ3n) is 7.19. The van der Waals surface area contributed by atoms with Gasteiger partial charge in [-0.1, -0.05) is 18.2 Å². The summed E-state index contributed by atoms with van der Waals surface area (Å²) >= 11 is 0. The van der Waals surface area contributed by atoms with E-state index in [4.69, 9.17) is 0 Å². The molecule has 1 aromatic heterocycles. The van der Waals surface area contributed by atoms with Crippen LogP contribution in [0.5, 0.6) is 0 Å². The molecule has 1 fully saturated rings. The minimum Gasteiger partial charge on any atom is -0.378 e. The molecule has 0 saturated carbocycles. The van der Waals surface area contributed by atoms with Crippen molar-refractivity contribution in [1.82, 2.24) is 14.9 Å². The topological polar surface area (TPSA) is 62.5 Å². The van der Waals surface area contributed by atoms with Gasteiger partial charge in [0.2, 0.25) is 0 Å². The minimum atomic E-state index is -0.576. The number of fused-ring (bicyclic) bond motifs is 2. The van der Waals surface area contributed by atoms with Gasteiger partial charge in [-0.2, -0.15) is 0 Å². The van der Waals surface area contributed by atoms with Crippen molar-refractivity contribution in [3.63, 3.8) is 0 Å². The summed E-state index contributed by atoms with van der Waals surface area (Å²) in [7, 11) is 6.33. The van der Waals surface area contributed by atoms with Crippen LogP contribution in [-0.2, 0) is 5.66 Å². The number of nitrogens with one attached hydrogen (secondary N) is 3. The maximum Gasteiger partial charge on any atom is 0.161 e. The van der Waals surface area contributed by atoms with Gasteiger partial charge in [-0.05, 0) is 49.5 Å². The first kappa shape index (κ1) is 20.9. The number of imidazole rings is 1. The highest BCUT2D eigenvalue weighted by molar-refractivity contribution is 5.84. The Hall–Kier alpha value is -3.71. The molecule has 3 aromatic carbocycles. The fourth-order valence-corrected chi connectivity index (χ4v) is 5.08. The molecular weight excluding hydrogens is 422 g/mol. The van der Waals surface area contributed by atoms with Gasteiger partial charge in [-0.3, -0.25) is 0 Å². The molecule has 0 amide bonds. The quantitative estimate of drug-likeness (QED) is 0.432. The molecule has 7 heteroatoms. The van der Waals surface area contributed by atoms with Crippen molar-refractivity contribution in [2.24, 2.45) is 0 Å². The van der Waals surface area contributed by atoms with E-state index in [1.807, 2.05) is 0 Å². The number of hydrogen-bond acceptors (Lipinski definition) is 6. The molecule has 6 rings (SSSR count). The number of nitrogens with zero attached hydrogens (tertiary/aromatic N) is 4. The molecule has 1 atom stereocenters. The zero-order chi connectivity index (χ0) is 23.3. The Bertz CT molecular complexity index is 1320. The Morgan fingerprint density at radius 3 is 2.32 bits per heavy atom. The SMILES string of the molecule is CN1CCN(c2ccc3c(c2)NC(c2ccc(N(C)C)cc2)(c2ccc4nc[nH]c4c2)N3)CC1. The van der Waals surface area contributed by atoms with E-state index in [0.29, 0.717) is 0 Å². The zero-order valence-electron chi connectivity index (χ0n) is 20.0. The molecule has 0 radical (unpaired) electrons. The van der Waals surface area contributed by atoms with Crippen LogP contribution in [0.1, 0.15) is 11.1 Å². The van der Waals surface area contributed by atoms with Gasteiger partial charge >= 0.3 is 0 Å². The number of hydrogen-bond donors (Lipinski definition) is 3. The van der Waals surface area contributed by atoms with Gasteiger partial charge in [0.25, 0.3) is 0 Å². The van der Waals surface area contributed by atoms with Gasteiger partial charge in [-0.15, -0.1) is 0 Å². The van der Waals surface area contributed by atoms with Gasteiger partial charge in [0, 0.05) is 62.8 Å². The fourth-order valence-electron chi connectivity index (χ4n) is 5.08. The predicted octanol–water partition coefficient (Wildman–Crippen LogP) is 4.12. The molecule has 1 saturated heterocycles. The van der Waals surface area contributed by atoms with E-state index in [1.54, 1.807) is 6.33 Å². The van der Waals surface area contributed by atoms with Crippen LogP contribution in [0.2, 0.25) is 0 Å². The second kappa shape index (κ2) is 7.95. The highest BCUT2D eigenvalue weighted by Crippen LogP contribution is 2.45. The van der Waals surface area contributed by atoms with E-state index in [9.17, 15) is 0 Å². The minimum absolute atomic E-state index is 0.576. The van der Waals surface area contributed by atoms with Crippen molar-refractivity contribution in [2.45, 2.75) is 5.66 Å². The van der Waals surface area contributed by atoms with Crippen LogP contribution < -0.4 is 20.4 Å². The van der Waals surface area contributed by atoms with Gasteiger partial charge in [-0.25, -0.2) is 4.98 Å². The number of rotatable bonds is 4. The van der Waals surface area contributed by atoms with Gasteiger partial charge in [0.05, 0.1) is 28.7 Å². The van der Waals surface area contributed by atoms with Gasteiger partial charge in [0.1, 0.15) is 0 Å². The molecule has 3 heterocycles. The monoisotopic (exact) mass is 453 g/mol. The van der Waals surface area contributed by atoms with Gasteiger partial charge < -0.3 is 30.3 Å². The fraction of sp³-hybridized carbons (Fsp3) is 0.296. The van der Waals surface area contributed by atoms with Crippen LogP contribution in [-0.4, -0.2) is 62.2 Å². The third kappa shape index (κ3) is 3.44.